The number of nitriles is 1. The minimum absolute atomic E-state index is 0.287. The SMILES string of the molecule is N#Cc1c(Nc2nc3ccccc3nc2N2CC[NH+](C(c3ccccc3)c3ccccc3)CC2)sc2c1CCCC2. The van der Waals surface area contributed by atoms with Gasteiger partial charge >= 0.3 is 0 Å². The third kappa shape index (κ3) is 5.06. The van der Waals surface area contributed by atoms with Crippen LogP contribution in [0.1, 0.15) is 46.0 Å². The Kier molecular flexibility index (Phi) is 7.10. The van der Waals surface area contributed by atoms with Crippen molar-refractivity contribution in [2.24, 2.45) is 0 Å². The first-order valence-electron chi connectivity index (χ1n) is 14.6. The van der Waals surface area contributed by atoms with Crippen LogP contribution in [0.15, 0.2) is 84.9 Å². The molecule has 1 fully saturated rings. The molecule has 2 aliphatic rings. The molecule has 2 N–H and O–H groups in total. The van der Waals surface area contributed by atoms with Crippen LogP contribution in [-0.2, 0) is 12.8 Å². The number of quaternary nitrogens is 1. The fourth-order valence-electron chi connectivity index (χ4n) is 6.42. The Balaban J connectivity index is 1.20. The average Bonchev–Trinajstić information content (AvgIpc) is 3.39. The number of piperazine rings is 1. The number of hydrogen-bond donors (Lipinski definition) is 2. The van der Waals surface area contributed by atoms with Crippen molar-refractivity contribution in [2.75, 3.05) is 36.4 Å². The number of benzene rings is 3. The molecule has 1 saturated heterocycles. The van der Waals surface area contributed by atoms with Crippen LogP contribution in [0.4, 0.5) is 16.6 Å². The maximum Gasteiger partial charge on any atom is 0.175 e. The second-order valence-corrected chi connectivity index (χ2v) is 12.0. The van der Waals surface area contributed by atoms with Crippen molar-refractivity contribution in [1.29, 1.82) is 5.26 Å². The molecule has 3 aromatic carbocycles. The molecule has 1 aliphatic heterocycles. The van der Waals surface area contributed by atoms with Crippen molar-refractivity contribution < 1.29 is 4.90 Å². The lowest BCUT2D eigenvalue weighted by molar-refractivity contribution is -0.926. The van der Waals surface area contributed by atoms with E-state index in [0.717, 1.165) is 78.7 Å². The number of para-hydroxylation sites is 2. The lowest BCUT2D eigenvalue weighted by Gasteiger charge is -2.37. The van der Waals surface area contributed by atoms with E-state index in [1.165, 1.54) is 28.0 Å². The van der Waals surface area contributed by atoms with Gasteiger partial charge in [-0.1, -0.05) is 72.8 Å². The molecule has 1 aliphatic carbocycles. The van der Waals surface area contributed by atoms with Crippen LogP contribution in [0.25, 0.3) is 11.0 Å². The number of anilines is 3. The number of nitrogens with zero attached hydrogens (tertiary/aromatic N) is 4. The number of hydrogen-bond acceptors (Lipinski definition) is 6. The number of aromatic nitrogens is 2. The fourth-order valence-corrected chi connectivity index (χ4v) is 7.66. The van der Waals surface area contributed by atoms with Crippen LogP contribution in [0.2, 0.25) is 0 Å². The quantitative estimate of drug-likeness (QED) is 0.281. The molecule has 0 saturated carbocycles. The van der Waals surface area contributed by atoms with Crippen LogP contribution in [-0.4, -0.2) is 36.1 Å². The molecule has 6 nitrogen and oxygen atoms in total. The summed E-state index contributed by atoms with van der Waals surface area (Å²) in [6, 6.07) is 32.6. The summed E-state index contributed by atoms with van der Waals surface area (Å²) in [5.74, 6) is 1.61. The van der Waals surface area contributed by atoms with E-state index in [-0.39, 0.29) is 6.04 Å². The molecule has 41 heavy (non-hydrogen) atoms. The lowest BCUT2D eigenvalue weighted by atomic mass is 9.96. The minimum atomic E-state index is 0.287. The highest BCUT2D eigenvalue weighted by Gasteiger charge is 2.32. The van der Waals surface area contributed by atoms with Gasteiger partial charge in [-0.15, -0.1) is 11.3 Å². The molecular weight excluding hydrogens is 524 g/mol. The van der Waals surface area contributed by atoms with Gasteiger partial charge in [-0.3, -0.25) is 0 Å². The molecule has 0 radical (unpaired) electrons. The zero-order chi connectivity index (χ0) is 27.6. The summed E-state index contributed by atoms with van der Waals surface area (Å²) in [5, 5.41) is 14.6. The predicted molar refractivity (Wildman–Crippen MR) is 166 cm³/mol. The summed E-state index contributed by atoms with van der Waals surface area (Å²) in [6.07, 6.45) is 4.39. The fraction of sp³-hybridized carbons (Fsp3) is 0.265. The van der Waals surface area contributed by atoms with Crippen LogP contribution < -0.4 is 15.1 Å². The van der Waals surface area contributed by atoms with Gasteiger partial charge in [-0.25, -0.2) is 9.97 Å². The Morgan fingerprint density at radius 3 is 2.07 bits per heavy atom. The smallest absolute Gasteiger partial charge is 0.175 e. The standard InChI is InChI=1S/C34H32N6S/c35-23-27-26-15-7-10-18-30(26)41-34(27)38-32-33(37-29-17-9-8-16-28(29)36-32)40-21-19-39(20-22-40)31(24-11-3-1-4-12-24)25-13-5-2-6-14-25/h1-6,8-9,11-14,16-17,31H,7,10,15,18-22H2,(H,36,38)/p+1. The Bertz CT molecular complexity index is 1660. The van der Waals surface area contributed by atoms with Gasteiger partial charge in [0.2, 0.25) is 0 Å². The first-order chi connectivity index (χ1) is 20.3. The third-order valence-electron chi connectivity index (χ3n) is 8.45. The Morgan fingerprint density at radius 2 is 1.41 bits per heavy atom. The summed E-state index contributed by atoms with van der Waals surface area (Å²) in [4.78, 5) is 15.5. The zero-order valence-corrected chi connectivity index (χ0v) is 23.8. The predicted octanol–water partition coefficient (Wildman–Crippen LogP) is 5.68. The Hall–Kier alpha value is -4.25. The second-order valence-electron chi connectivity index (χ2n) is 10.9. The van der Waals surface area contributed by atoms with E-state index in [1.807, 2.05) is 24.3 Å². The lowest BCUT2D eigenvalue weighted by Crippen LogP contribution is -3.15. The van der Waals surface area contributed by atoms with Crippen molar-refractivity contribution in [3.05, 3.63) is 112 Å². The number of fused-ring (bicyclic) bond motifs is 2. The summed E-state index contributed by atoms with van der Waals surface area (Å²) < 4.78 is 0. The zero-order valence-electron chi connectivity index (χ0n) is 23.0. The maximum absolute atomic E-state index is 10.1. The van der Waals surface area contributed by atoms with E-state index in [4.69, 9.17) is 9.97 Å². The summed E-state index contributed by atoms with van der Waals surface area (Å²) in [7, 11) is 0. The van der Waals surface area contributed by atoms with E-state index in [9.17, 15) is 5.26 Å². The summed E-state index contributed by atoms with van der Waals surface area (Å²) in [6.45, 7) is 3.72. The number of aryl methyl sites for hydroxylation is 1. The number of nitrogens with one attached hydrogen (secondary N) is 2. The number of rotatable bonds is 6. The van der Waals surface area contributed by atoms with E-state index in [1.54, 1.807) is 16.2 Å². The van der Waals surface area contributed by atoms with Crippen LogP contribution in [0.5, 0.6) is 0 Å². The molecule has 2 aromatic heterocycles. The highest BCUT2D eigenvalue weighted by atomic mass is 32.1. The van der Waals surface area contributed by atoms with Crippen molar-refractivity contribution in [3.63, 3.8) is 0 Å². The van der Waals surface area contributed by atoms with Gasteiger partial charge < -0.3 is 15.1 Å². The molecule has 3 heterocycles. The topological polar surface area (TPSA) is 69.3 Å². The van der Waals surface area contributed by atoms with Gasteiger partial charge in [0.1, 0.15) is 17.1 Å². The molecule has 5 aromatic rings. The largest absolute Gasteiger partial charge is 0.342 e. The van der Waals surface area contributed by atoms with E-state index >= 15 is 0 Å². The minimum Gasteiger partial charge on any atom is -0.342 e. The molecule has 0 amide bonds. The van der Waals surface area contributed by atoms with Crippen molar-refractivity contribution in [2.45, 2.75) is 31.7 Å². The third-order valence-corrected chi connectivity index (χ3v) is 9.65. The molecular formula is C34H33N6S+. The first kappa shape index (κ1) is 25.7. The second kappa shape index (κ2) is 11.3. The normalized spacial score (nSPS) is 15.6. The molecule has 7 heteroatoms. The molecule has 0 bridgehead atoms. The van der Waals surface area contributed by atoms with Gasteiger partial charge in [0.05, 0.1) is 42.8 Å². The molecule has 7 rings (SSSR count). The van der Waals surface area contributed by atoms with Crippen molar-refractivity contribution >= 4 is 39.0 Å². The van der Waals surface area contributed by atoms with Gasteiger partial charge in [-0.05, 0) is 43.4 Å². The van der Waals surface area contributed by atoms with Crippen LogP contribution >= 0.6 is 11.3 Å². The monoisotopic (exact) mass is 557 g/mol. The first-order valence-corrected chi connectivity index (χ1v) is 15.4. The van der Waals surface area contributed by atoms with Crippen LogP contribution in [0.3, 0.4) is 0 Å². The Morgan fingerprint density at radius 1 is 0.805 bits per heavy atom. The highest BCUT2D eigenvalue weighted by Crippen LogP contribution is 2.40. The van der Waals surface area contributed by atoms with E-state index < -0.39 is 0 Å². The van der Waals surface area contributed by atoms with Crippen molar-refractivity contribution in [1.82, 2.24) is 9.97 Å². The summed E-state index contributed by atoms with van der Waals surface area (Å²) >= 11 is 1.72. The molecule has 0 unspecified atom stereocenters. The highest BCUT2D eigenvalue weighted by molar-refractivity contribution is 7.16. The molecule has 204 valence electrons. The molecule has 0 atom stereocenters. The van der Waals surface area contributed by atoms with E-state index in [2.05, 4.69) is 76.9 Å². The van der Waals surface area contributed by atoms with Gasteiger partial charge in [0.15, 0.2) is 11.6 Å². The maximum atomic E-state index is 10.1. The molecule has 0 spiro atoms. The Labute approximate surface area is 244 Å². The average molecular weight is 558 g/mol. The van der Waals surface area contributed by atoms with Crippen LogP contribution in [0, 0.1) is 11.3 Å². The van der Waals surface area contributed by atoms with Gasteiger partial charge in [0, 0.05) is 16.0 Å². The van der Waals surface area contributed by atoms with Gasteiger partial charge in [0.25, 0.3) is 0 Å². The summed E-state index contributed by atoms with van der Waals surface area (Å²) in [5.41, 5.74) is 6.46. The van der Waals surface area contributed by atoms with Gasteiger partial charge in [-0.2, -0.15) is 5.26 Å². The van der Waals surface area contributed by atoms with Crippen molar-refractivity contribution in [3.8, 4) is 6.07 Å². The van der Waals surface area contributed by atoms with E-state index in [0.29, 0.717) is 0 Å². The number of thiophene rings is 1.